The number of rotatable bonds is 2. The highest BCUT2D eigenvalue weighted by atomic mass is 35.5. The van der Waals surface area contributed by atoms with E-state index in [1.54, 1.807) is 12.1 Å². The molecule has 0 radical (unpaired) electrons. The van der Waals surface area contributed by atoms with Crippen molar-refractivity contribution >= 4 is 22.9 Å². The number of nitrogens with one attached hydrogen (secondary N) is 1. The molecule has 0 saturated heterocycles. The average molecular weight is 280 g/mol. The van der Waals surface area contributed by atoms with E-state index < -0.39 is 5.82 Å². The molecular formula is C12H7ClFN3S. The number of H-pyrrole nitrogens is 1. The fraction of sp³-hybridized carbons (Fsp3) is 0. The third-order valence-corrected chi connectivity index (χ3v) is 3.60. The molecule has 2 heterocycles. The molecule has 0 fully saturated rings. The van der Waals surface area contributed by atoms with Crippen LogP contribution in [0.2, 0.25) is 5.02 Å². The lowest BCUT2D eigenvalue weighted by molar-refractivity contribution is 0.630. The fourth-order valence-electron chi connectivity index (χ4n) is 1.58. The van der Waals surface area contributed by atoms with E-state index in [1.807, 2.05) is 17.5 Å². The average Bonchev–Trinajstić information content (AvgIpc) is 3.01. The van der Waals surface area contributed by atoms with E-state index in [0.717, 1.165) is 4.88 Å². The van der Waals surface area contributed by atoms with Gasteiger partial charge in [-0.2, -0.15) is 5.10 Å². The molecule has 0 amide bonds. The highest BCUT2D eigenvalue weighted by Crippen LogP contribution is 2.27. The van der Waals surface area contributed by atoms with Crippen molar-refractivity contribution in [3.63, 3.8) is 0 Å². The topological polar surface area (TPSA) is 41.6 Å². The third kappa shape index (κ3) is 1.91. The largest absolute Gasteiger partial charge is 0.258 e. The number of hydrogen-bond acceptors (Lipinski definition) is 3. The summed E-state index contributed by atoms with van der Waals surface area (Å²) in [5.41, 5.74) is 0.293. The molecule has 90 valence electrons. The molecule has 1 N–H and O–H groups in total. The molecule has 0 unspecified atom stereocenters. The Morgan fingerprint density at radius 1 is 1.22 bits per heavy atom. The van der Waals surface area contributed by atoms with Crippen molar-refractivity contribution in [2.24, 2.45) is 0 Å². The van der Waals surface area contributed by atoms with E-state index in [2.05, 4.69) is 15.2 Å². The Morgan fingerprint density at radius 3 is 2.89 bits per heavy atom. The summed E-state index contributed by atoms with van der Waals surface area (Å²) < 4.78 is 13.8. The number of nitrogens with zero attached hydrogens (tertiary/aromatic N) is 2. The summed E-state index contributed by atoms with van der Waals surface area (Å²) in [4.78, 5) is 5.22. The summed E-state index contributed by atoms with van der Waals surface area (Å²) in [5.74, 6) is 0.425. The van der Waals surface area contributed by atoms with E-state index >= 15 is 0 Å². The molecule has 1 aromatic carbocycles. The molecule has 2 aromatic heterocycles. The van der Waals surface area contributed by atoms with Gasteiger partial charge in [-0.1, -0.05) is 23.7 Å². The van der Waals surface area contributed by atoms with E-state index in [4.69, 9.17) is 11.6 Å². The normalized spacial score (nSPS) is 10.8. The molecule has 0 spiro atoms. The van der Waals surface area contributed by atoms with Crippen LogP contribution >= 0.6 is 22.9 Å². The maximum absolute atomic E-state index is 13.8. The molecule has 0 aliphatic carbocycles. The van der Waals surface area contributed by atoms with Crippen molar-refractivity contribution in [3.8, 4) is 22.1 Å². The molecule has 0 bridgehead atoms. The van der Waals surface area contributed by atoms with Gasteiger partial charge < -0.3 is 0 Å². The molecule has 0 saturated carbocycles. The monoisotopic (exact) mass is 279 g/mol. The summed E-state index contributed by atoms with van der Waals surface area (Å²) >= 11 is 7.27. The second-order valence-corrected chi connectivity index (χ2v) is 4.94. The van der Waals surface area contributed by atoms with Crippen LogP contribution in [-0.2, 0) is 0 Å². The number of hydrogen-bond donors (Lipinski definition) is 1. The van der Waals surface area contributed by atoms with Gasteiger partial charge in [0.2, 0.25) is 0 Å². The smallest absolute Gasteiger partial charge is 0.184 e. The maximum Gasteiger partial charge on any atom is 0.184 e. The molecule has 6 heteroatoms. The van der Waals surface area contributed by atoms with Gasteiger partial charge in [0, 0.05) is 0 Å². The van der Waals surface area contributed by atoms with Crippen LogP contribution in [0.25, 0.3) is 22.1 Å². The number of benzene rings is 1. The highest BCUT2D eigenvalue weighted by Gasteiger charge is 2.14. The van der Waals surface area contributed by atoms with Crippen molar-refractivity contribution in [2.45, 2.75) is 0 Å². The first-order valence-electron chi connectivity index (χ1n) is 5.16. The second kappa shape index (κ2) is 4.51. The fourth-order valence-corrected chi connectivity index (χ4v) is 2.42. The molecule has 0 aliphatic rings. The predicted octanol–water partition coefficient (Wildman–Crippen LogP) is 3.99. The molecule has 3 aromatic rings. The van der Waals surface area contributed by atoms with Gasteiger partial charge >= 0.3 is 0 Å². The van der Waals surface area contributed by atoms with Crippen molar-refractivity contribution in [1.29, 1.82) is 0 Å². The second-order valence-electron chi connectivity index (χ2n) is 3.59. The van der Waals surface area contributed by atoms with Crippen molar-refractivity contribution in [2.75, 3.05) is 0 Å². The Balaban J connectivity index is 2.06. The number of halogens is 2. The molecular weight excluding hydrogens is 273 g/mol. The number of aromatic nitrogens is 3. The van der Waals surface area contributed by atoms with Crippen molar-refractivity contribution in [3.05, 3.63) is 46.6 Å². The minimum Gasteiger partial charge on any atom is -0.258 e. The predicted molar refractivity (Wildman–Crippen MR) is 70.1 cm³/mol. The Morgan fingerprint density at radius 2 is 2.11 bits per heavy atom. The van der Waals surface area contributed by atoms with Crippen LogP contribution in [0.4, 0.5) is 4.39 Å². The Hall–Kier alpha value is -1.72. The molecule has 3 nitrogen and oxygen atoms in total. The summed E-state index contributed by atoms with van der Waals surface area (Å²) in [6.45, 7) is 0. The van der Waals surface area contributed by atoms with Crippen LogP contribution in [0.3, 0.4) is 0 Å². The van der Waals surface area contributed by atoms with Crippen molar-refractivity contribution in [1.82, 2.24) is 15.2 Å². The lowest BCUT2D eigenvalue weighted by Crippen LogP contribution is -1.87. The van der Waals surface area contributed by atoms with Crippen molar-refractivity contribution < 1.29 is 4.39 Å². The minimum absolute atomic E-state index is 0.0648. The number of aromatic amines is 1. The Kier molecular flexibility index (Phi) is 2.85. The van der Waals surface area contributed by atoms with Gasteiger partial charge in [-0.15, -0.1) is 11.3 Å². The van der Waals surface area contributed by atoms with E-state index in [-0.39, 0.29) is 5.02 Å². The summed E-state index contributed by atoms with van der Waals surface area (Å²) in [6, 6.07) is 8.60. The van der Waals surface area contributed by atoms with Crippen LogP contribution in [0.1, 0.15) is 0 Å². The van der Waals surface area contributed by atoms with Gasteiger partial charge in [0.1, 0.15) is 0 Å². The minimum atomic E-state index is -0.504. The zero-order valence-electron chi connectivity index (χ0n) is 9.02. The van der Waals surface area contributed by atoms with Crippen LogP contribution in [0.5, 0.6) is 0 Å². The molecule has 3 rings (SSSR count). The molecule has 0 atom stereocenters. The summed E-state index contributed by atoms with van der Waals surface area (Å²) in [7, 11) is 0. The first-order chi connectivity index (χ1) is 8.75. The van der Waals surface area contributed by atoms with E-state index in [0.29, 0.717) is 17.2 Å². The van der Waals surface area contributed by atoms with Gasteiger partial charge in [0.05, 0.1) is 15.5 Å². The van der Waals surface area contributed by atoms with Gasteiger partial charge in [-0.25, -0.2) is 9.37 Å². The lowest BCUT2D eigenvalue weighted by atomic mass is 10.2. The van der Waals surface area contributed by atoms with E-state index in [9.17, 15) is 4.39 Å². The molecule has 18 heavy (non-hydrogen) atoms. The zero-order valence-corrected chi connectivity index (χ0v) is 10.6. The zero-order chi connectivity index (χ0) is 12.5. The SMILES string of the molecule is Fc1c(Cl)cccc1-c1n[nH]c(-c2cccs2)n1. The molecule has 0 aliphatic heterocycles. The van der Waals surface area contributed by atoms with Crippen LogP contribution in [0, 0.1) is 5.82 Å². The quantitative estimate of drug-likeness (QED) is 0.770. The summed E-state index contributed by atoms with van der Waals surface area (Å²) in [6.07, 6.45) is 0. The number of thiophene rings is 1. The third-order valence-electron chi connectivity index (χ3n) is 2.43. The first-order valence-corrected chi connectivity index (χ1v) is 6.42. The Labute approximate surface area is 111 Å². The van der Waals surface area contributed by atoms with Gasteiger partial charge in [-0.05, 0) is 23.6 Å². The summed E-state index contributed by atoms with van der Waals surface area (Å²) in [5, 5.41) is 8.82. The standard InChI is InChI=1S/C12H7ClFN3S/c13-8-4-1-3-7(10(8)14)11-15-12(17-16-11)9-5-2-6-18-9/h1-6H,(H,15,16,17). The van der Waals surface area contributed by atoms with Gasteiger partial charge in [0.25, 0.3) is 0 Å². The Bertz CT molecular complexity index is 678. The van der Waals surface area contributed by atoms with Gasteiger partial charge in [-0.3, -0.25) is 5.10 Å². The van der Waals surface area contributed by atoms with Gasteiger partial charge in [0.15, 0.2) is 17.5 Å². The van der Waals surface area contributed by atoms with E-state index in [1.165, 1.54) is 17.4 Å². The first kappa shape index (κ1) is 11.4. The lowest BCUT2D eigenvalue weighted by Gasteiger charge is -1.98. The van der Waals surface area contributed by atoms with Crippen LogP contribution < -0.4 is 0 Å². The van der Waals surface area contributed by atoms with Crippen LogP contribution in [-0.4, -0.2) is 15.2 Å². The maximum atomic E-state index is 13.8. The highest BCUT2D eigenvalue weighted by molar-refractivity contribution is 7.13. The van der Waals surface area contributed by atoms with Crippen LogP contribution in [0.15, 0.2) is 35.7 Å².